The molecule has 5 nitrogen and oxygen atoms in total. The Bertz CT molecular complexity index is 701. The molecule has 0 radical (unpaired) electrons. The van der Waals surface area contributed by atoms with Crippen LogP contribution in [0.1, 0.15) is 5.56 Å². The molecular formula is C15H13FN4OS. The number of nitrogens with zero attached hydrogens (tertiary/aromatic N) is 1. The van der Waals surface area contributed by atoms with Gasteiger partial charge in [0.05, 0.1) is 0 Å². The lowest BCUT2D eigenvalue weighted by molar-refractivity contribution is 0.249. The Hall–Kier alpha value is -2.80. The van der Waals surface area contributed by atoms with Crippen molar-refractivity contribution in [2.75, 3.05) is 5.32 Å². The number of nitrogens with two attached hydrogens (primary N) is 1. The average molecular weight is 316 g/mol. The summed E-state index contributed by atoms with van der Waals surface area (Å²) in [7, 11) is 0. The molecule has 112 valence electrons. The number of hydrogen-bond donors (Lipinski definition) is 3. The second kappa shape index (κ2) is 7.28. The first-order valence-electron chi connectivity index (χ1n) is 6.32. The van der Waals surface area contributed by atoms with Crippen LogP contribution >= 0.6 is 12.2 Å². The third-order valence-corrected chi connectivity index (χ3v) is 2.94. The summed E-state index contributed by atoms with van der Waals surface area (Å²) in [5, 5.41) is 6.85. The molecule has 2 aromatic rings. The molecule has 0 bridgehead atoms. The fourth-order valence-corrected chi connectivity index (χ4v) is 1.96. The highest BCUT2D eigenvalue weighted by atomic mass is 32.1. The van der Waals surface area contributed by atoms with E-state index in [0.717, 1.165) is 0 Å². The lowest BCUT2D eigenvalue weighted by atomic mass is 10.1. The molecule has 0 aliphatic heterocycles. The fourth-order valence-electron chi connectivity index (χ4n) is 1.68. The minimum absolute atomic E-state index is 0.270. The van der Waals surface area contributed by atoms with Gasteiger partial charge in [-0.2, -0.15) is 5.10 Å². The number of benzene rings is 2. The van der Waals surface area contributed by atoms with E-state index in [0.29, 0.717) is 17.0 Å². The average Bonchev–Trinajstić information content (AvgIpc) is 2.50. The Labute approximate surface area is 132 Å². The summed E-state index contributed by atoms with van der Waals surface area (Å²) in [6.45, 7) is 0. The first-order valence-corrected chi connectivity index (χ1v) is 6.72. The molecule has 0 aliphatic carbocycles. The summed E-state index contributed by atoms with van der Waals surface area (Å²) in [5.74, 6) is -0.344. The third kappa shape index (κ3) is 4.35. The number of primary amides is 1. The highest BCUT2D eigenvalue weighted by molar-refractivity contribution is 7.82. The molecular weight excluding hydrogens is 303 g/mol. The van der Waals surface area contributed by atoms with Crippen molar-refractivity contribution in [1.82, 2.24) is 5.43 Å². The van der Waals surface area contributed by atoms with E-state index in [1.807, 2.05) is 18.2 Å². The van der Waals surface area contributed by atoms with Crippen LogP contribution < -0.4 is 16.5 Å². The molecule has 4 N–H and O–H groups in total. The number of carbonyl (C=O) groups excluding carboxylic acids is 1. The van der Waals surface area contributed by atoms with Crippen molar-refractivity contribution in [3.8, 4) is 0 Å². The number of urea groups is 1. The molecule has 0 saturated heterocycles. The van der Waals surface area contributed by atoms with Crippen LogP contribution in [0, 0.1) is 5.82 Å². The number of anilines is 1. The van der Waals surface area contributed by atoms with E-state index in [1.165, 1.54) is 12.1 Å². The zero-order valence-corrected chi connectivity index (χ0v) is 12.2. The molecule has 0 unspecified atom stereocenters. The Morgan fingerprint density at radius 3 is 2.32 bits per heavy atom. The maximum absolute atomic E-state index is 12.9. The standard InChI is InChI=1S/C15H13FN4OS/c16-11-6-8-12(9-7-11)18-14(22)13(19-20-15(17)21)10-4-2-1-3-5-10/h1-9H,(H,18,22)(H3,17,20,21)/b19-13+. The fraction of sp³-hybridized carbons (Fsp3) is 0. The van der Waals surface area contributed by atoms with E-state index in [-0.39, 0.29) is 10.8 Å². The van der Waals surface area contributed by atoms with E-state index < -0.39 is 6.03 Å². The van der Waals surface area contributed by atoms with Gasteiger partial charge in [0, 0.05) is 11.3 Å². The number of hydrogen-bond acceptors (Lipinski definition) is 3. The van der Waals surface area contributed by atoms with Gasteiger partial charge >= 0.3 is 6.03 Å². The summed E-state index contributed by atoms with van der Waals surface area (Å²) >= 11 is 5.30. The number of thiocarbonyl (C=S) groups is 1. The zero-order valence-electron chi connectivity index (χ0n) is 11.4. The molecule has 2 aromatic carbocycles. The molecule has 7 heteroatoms. The van der Waals surface area contributed by atoms with Gasteiger partial charge in [0.15, 0.2) is 0 Å². The van der Waals surface area contributed by atoms with E-state index in [9.17, 15) is 9.18 Å². The Balaban J connectivity index is 2.24. The summed E-state index contributed by atoms with van der Waals surface area (Å²) < 4.78 is 12.9. The van der Waals surface area contributed by atoms with Gasteiger partial charge in [-0.15, -0.1) is 0 Å². The largest absolute Gasteiger partial charge is 0.350 e. The molecule has 0 atom stereocenters. The molecule has 0 heterocycles. The van der Waals surface area contributed by atoms with Crippen molar-refractivity contribution < 1.29 is 9.18 Å². The number of rotatable bonds is 4. The van der Waals surface area contributed by atoms with Gasteiger partial charge in [-0.1, -0.05) is 42.5 Å². The van der Waals surface area contributed by atoms with E-state index in [1.54, 1.807) is 24.3 Å². The highest BCUT2D eigenvalue weighted by Crippen LogP contribution is 2.11. The van der Waals surface area contributed by atoms with Crippen molar-refractivity contribution in [1.29, 1.82) is 0 Å². The minimum Gasteiger partial charge on any atom is -0.350 e. The monoisotopic (exact) mass is 316 g/mol. The molecule has 0 aromatic heterocycles. The summed E-state index contributed by atoms with van der Waals surface area (Å²) in [6, 6.07) is 14.0. The van der Waals surface area contributed by atoms with Crippen LogP contribution in [0.3, 0.4) is 0 Å². The third-order valence-electron chi connectivity index (χ3n) is 2.64. The van der Waals surface area contributed by atoms with E-state index in [4.69, 9.17) is 18.0 Å². The van der Waals surface area contributed by atoms with Crippen molar-refractivity contribution in [3.05, 3.63) is 66.0 Å². The van der Waals surface area contributed by atoms with Gasteiger partial charge in [0.2, 0.25) is 0 Å². The Morgan fingerprint density at radius 2 is 1.73 bits per heavy atom. The maximum atomic E-state index is 12.9. The van der Waals surface area contributed by atoms with Gasteiger partial charge < -0.3 is 11.1 Å². The molecule has 0 spiro atoms. The number of hydrazone groups is 1. The topological polar surface area (TPSA) is 79.5 Å². The first-order chi connectivity index (χ1) is 10.6. The Morgan fingerprint density at radius 1 is 1.09 bits per heavy atom. The van der Waals surface area contributed by atoms with Crippen LogP contribution in [-0.4, -0.2) is 16.7 Å². The molecule has 2 rings (SSSR count). The van der Waals surface area contributed by atoms with Crippen molar-refractivity contribution >= 4 is 34.6 Å². The van der Waals surface area contributed by atoms with Crippen molar-refractivity contribution in [2.45, 2.75) is 0 Å². The Kier molecular flexibility index (Phi) is 5.16. The summed E-state index contributed by atoms with van der Waals surface area (Å²) in [5.41, 5.74) is 8.84. The minimum atomic E-state index is -0.794. The molecule has 0 saturated carbocycles. The normalized spacial score (nSPS) is 10.9. The number of carbonyl (C=O) groups is 1. The lowest BCUT2D eigenvalue weighted by Gasteiger charge is -2.11. The van der Waals surface area contributed by atoms with E-state index >= 15 is 0 Å². The quantitative estimate of drug-likeness (QED) is 0.461. The van der Waals surface area contributed by atoms with Gasteiger partial charge in [0.25, 0.3) is 0 Å². The molecule has 2 amide bonds. The lowest BCUT2D eigenvalue weighted by Crippen LogP contribution is -2.30. The predicted molar refractivity (Wildman–Crippen MR) is 88.3 cm³/mol. The van der Waals surface area contributed by atoms with Gasteiger partial charge in [-0.3, -0.25) is 0 Å². The zero-order chi connectivity index (χ0) is 15.9. The van der Waals surface area contributed by atoms with Gasteiger partial charge in [-0.05, 0) is 24.3 Å². The van der Waals surface area contributed by atoms with Crippen LogP contribution in [0.4, 0.5) is 14.9 Å². The SMILES string of the molecule is NC(=O)N/N=C(/C(=S)Nc1ccc(F)cc1)c1ccccc1. The van der Waals surface area contributed by atoms with Gasteiger partial charge in [-0.25, -0.2) is 14.6 Å². The van der Waals surface area contributed by atoms with Crippen LogP contribution in [0.5, 0.6) is 0 Å². The number of amides is 2. The van der Waals surface area contributed by atoms with E-state index in [2.05, 4.69) is 15.8 Å². The van der Waals surface area contributed by atoms with Crippen LogP contribution in [0.2, 0.25) is 0 Å². The second-order valence-corrected chi connectivity index (χ2v) is 4.67. The summed E-state index contributed by atoms with van der Waals surface area (Å²) in [6.07, 6.45) is 0. The van der Waals surface area contributed by atoms with Crippen LogP contribution in [0.15, 0.2) is 59.7 Å². The van der Waals surface area contributed by atoms with Crippen LogP contribution in [-0.2, 0) is 0 Å². The molecule has 0 aliphatic rings. The van der Waals surface area contributed by atoms with Crippen molar-refractivity contribution in [3.63, 3.8) is 0 Å². The number of halogens is 1. The second-order valence-electron chi connectivity index (χ2n) is 4.26. The smallest absolute Gasteiger partial charge is 0.332 e. The summed E-state index contributed by atoms with van der Waals surface area (Å²) in [4.78, 5) is 11.1. The molecule has 0 fully saturated rings. The highest BCUT2D eigenvalue weighted by Gasteiger charge is 2.11. The number of nitrogens with one attached hydrogen (secondary N) is 2. The molecule has 22 heavy (non-hydrogen) atoms. The maximum Gasteiger partial charge on any atom is 0.332 e. The first kappa shape index (κ1) is 15.6. The predicted octanol–water partition coefficient (Wildman–Crippen LogP) is 2.64. The van der Waals surface area contributed by atoms with Gasteiger partial charge in [0.1, 0.15) is 16.5 Å². The van der Waals surface area contributed by atoms with Crippen molar-refractivity contribution in [2.24, 2.45) is 10.8 Å². The van der Waals surface area contributed by atoms with Crippen LogP contribution in [0.25, 0.3) is 0 Å².